The number of carbonyl (C=O) groups excluding carboxylic acids is 4. The Labute approximate surface area is 300 Å². The Hall–Kier alpha value is -1.40. The van der Waals surface area contributed by atoms with Gasteiger partial charge in [0.1, 0.15) is 36.8 Å². The SMILES string of the molecule is CC[C@H]1OC(=O)[C@H](C)[C@H]2OCC(=O)CO[C@](C)(C[C@@H](C)C(=O)C(C)[C@@H]3[CH-]C(=O)O[C@]13C)[C@H](O[C@@H]1O[C@H](C)C[C@H](N(C)C)[C@H]1OC)[C@H]2C.[W]. The number of methoxy groups -OCH3 is 1. The maximum atomic E-state index is 14.2. The molecule has 4 saturated heterocycles. The van der Waals surface area contributed by atoms with Crippen LogP contribution < -0.4 is 0 Å². The second-order valence-corrected chi connectivity index (χ2v) is 14.8. The molecule has 4 heterocycles. The Bertz CT molecular complexity index is 1170. The first-order valence-electron chi connectivity index (χ1n) is 17.1. The maximum absolute atomic E-state index is 14.2. The van der Waals surface area contributed by atoms with Crippen LogP contribution in [0.25, 0.3) is 0 Å². The van der Waals surface area contributed by atoms with Gasteiger partial charge in [-0.15, -0.1) is 0 Å². The number of nitrogens with zero attached hydrogens (tertiary/aromatic N) is 1. The maximum Gasteiger partial charge on any atom is 0.311 e. The Morgan fingerprint density at radius 3 is 2.27 bits per heavy atom. The molecule has 0 N–H and O–H groups in total. The number of fused-ring (bicyclic) bond motifs is 4. The van der Waals surface area contributed by atoms with E-state index in [0.717, 1.165) is 6.42 Å². The summed E-state index contributed by atoms with van der Waals surface area (Å²) in [6.45, 7) is 14.1. The molecule has 0 amide bonds. The van der Waals surface area contributed by atoms with Crippen molar-refractivity contribution in [3.8, 4) is 0 Å². The van der Waals surface area contributed by atoms with E-state index in [0.29, 0.717) is 6.42 Å². The summed E-state index contributed by atoms with van der Waals surface area (Å²) >= 11 is 0. The first kappa shape index (κ1) is 41.0. The molecule has 0 aliphatic carbocycles. The molecule has 0 radical (unpaired) electrons. The van der Waals surface area contributed by atoms with E-state index in [1.165, 1.54) is 6.42 Å². The number of hydrogen-bond acceptors (Lipinski definition) is 12. The average Bonchev–Trinajstić information content (AvgIpc) is 3.34. The number of ketones is 2. The predicted octanol–water partition coefficient (Wildman–Crippen LogP) is 3.17. The van der Waals surface area contributed by atoms with Gasteiger partial charge >= 0.3 is 5.97 Å². The molecule has 4 aliphatic heterocycles. The van der Waals surface area contributed by atoms with E-state index in [9.17, 15) is 19.2 Å². The minimum absolute atomic E-state index is 0. The van der Waals surface area contributed by atoms with Gasteiger partial charge in [0.2, 0.25) is 0 Å². The molecule has 48 heavy (non-hydrogen) atoms. The molecule has 274 valence electrons. The molecule has 13 heteroatoms. The molecule has 14 atom stereocenters. The number of cyclic esters (lactones) is 1. The molecule has 0 aromatic heterocycles. The van der Waals surface area contributed by atoms with Gasteiger partial charge in [-0.3, -0.25) is 25.6 Å². The number of rotatable bonds is 5. The zero-order valence-corrected chi connectivity index (χ0v) is 33.3. The van der Waals surface area contributed by atoms with E-state index in [2.05, 4.69) is 4.90 Å². The van der Waals surface area contributed by atoms with Crippen LogP contribution in [0.5, 0.6) is 0 Å². The van der Waals surface area contributed by atoms with Crippen molar-refractivity contribution in [1.29, 1.82) is 0 Å². The van der Waals surface area contributed by atoms with Crippen LogP contribution in [0.1, 0.15) is 74.7 Å². The van der Waals surface area contributed by atoms with Crippen LogP contribution in [0.15, 0.2) is 0 Å². The van der Waals surface area contributed by atoms with Crippen LogP contribution >= 0.6 is 0 Å². The third-order valence-corrected chi connectivity index (χ3v) is 11.0. The van der Waals surface area contributed by atoms with Crippen LogP contribution in [0, 0.1) is 36.0 Å². The van der Waals surface area contributed by atoms with Crippen LogP contribution in [0.2, 0.25) is 0 Å². The second kappa shape index (κ2) is 16.3. The fourth-order valence-corrected chi connectivity index (χ4v) is 8.40. The van der Waals surface area contributed by atoms with Gasteiger partial charge < -0.3 is 38.1 Å². The second-order valence-electron chi connectivity index (χ2n) is 14.8. The van der Waals surface area contributed by atoms with Crippen molar-refractivity contribution >= 4 is 23.5 Å². The van der Waals surface area contributed by atoms with Crippen LogP contribution in [0.4, 0.5) is 0 Å². The third-order valence-electron chi connectivity index (χ3n) is 11.0. The van der Waals surface area contributed by atoms with E-state index in [4.69, 9.17) is 33.2 Å². The van der Waals surface area contributed by atoms with Crippen LogP contribution in [-0.2, 0) is 73.4 Å². The summed E-state index contributed by atoms with van der Waals surface area (Å²) < 4.78 is 43.9. The van der Waals surface area contributed by atoms with Crippen molar-refractivity contribution < 1.29 is 73.4 Å². The van der Waals surface area contributed by atoms with E-state index in [-0.39, 0.29) is 64.4 Å². The summed E-state index contributed by atoms with van der Waals surface area (Å²) in [6.07, 6.45) is -1.20. The minimum atomic E-state index is -1.25. The first-order valence-corrected chi connectivity index (χ1v) is 17.1. The monoisotopic (exact) mass is 850 g/mol. The number of hydrogen-bond donors (Lipinski definition) is 0. The third kappa shape index (κ3) is 8.21. The van der Waals surface area contributed by atoms with E-state index < -0.39 is 83.4 Å². The quantitative estimate of drug-likeness (QED) is 0.297. The molecule has 0 spiro atoms. The van der Waals surface area contributed by atoms with Crippen molar-refractivity contribution in [2.75, 3.05) is 34.4 Å². The average molecular weight is 851 g/mol. The molecular weight excluding hydrogens is 794 g/mol. The smallest absolute Gasteiger partial charge is 0.311 e. The normalized spacial score (nSPS) is 44.7. The van der Waals surface area contributed by atoms with Gasteiger partial charge in [-0.1, -0.05) is 33.6 Å². The first-order chi connectivity index (χ1) is 22.0. The van der Waals surface area contributed by atoms with Gasteiger partial charge in [-0.25, -0.2) is 0 Å². The Kier molecular flexibility index (Phi) is 13.9. The molecule has 4 aliphatic rings. The van der Waals surface area contributed by atoms with Gasteiger partial charge in [0.05, 0.1) is 29.8 Å². The molecule has 0 saturated carbocycles. The van der Waals surface area contributed by atoms with Gasteiger partial charge in [-0.2, -0.15) is 0 Å². The molecule has 0 aromatic carbocycles. The van der Waals surface area contributed by atoms with E-state index >= 15 is 0 Å². The fraction of sp³-hybridized carbons (Fsp3) is 0.857. The number of esters is 2. The molecule has 0 aromatic rings. The van der Waals surface area contributed by atoms with E-state index in [1.807, 2.05) is 48.7 Å². The minimum Gasteiger partial charge on any atom is -0.480 e. The zero-order valence-electron chi connectivity index (χ0n) is 30.4. The predicted molar refractivity (Wildman–Crippen MR) is 170 cm³/mol. The van der Waals surface area contributed by atoms with Crippen molar-refractivity contribution in [2.45, 2.75) is 129 Å². The molecular formula is C35H56NO11W-. The molecule has 4 rings (SSSR count). The topological polar surface area (TPSA) is 136 Å². The largest absolute Gasteiger partial charge is 0.480 e. The summed E-state index contributed by atoms with van der Waals surface area (Å²) in [4.78, 5) is 56.0. The molecule has 2 bridgehead atoms. The van der Waals surface area contributed by atoms with Crippen LogP contribution in [0.3, 0.4) is 0 Å². The summed E-state index contributed by atoms with van der Waals surface area (Å²) in [7, 11) is 5.59. The van der Waals surface area contributed by atoms with Crippen LogP contribution in [-0.4, -0.2) is 117 Å². The number of ether oxygens (including phenoxy) is 7. The van der Waals surface area contributed by atoms with Gasteiger partial charge in [0, 0.05) is 46.1 Å². The summed E-state index contributed by atoms with van der Waals surface area (Å²) in [5, 5.41) is 0. The number of Topliss-reactive ketones (excluding diaryl/α,β-unsaturated/α-hetero) is 2. The van der Waals surface area contributed by atoms with Gasteiger partial charge in [-0.05, 0) is 67.0 Å². The zero-order chi connectivity index (χ0) is 35.0. The Morgan fingerprint density at radius 1 is 1.00 bits per heavy atom. The van der Waals surface area contributed by atoms with Crippen molar-refractivity contribution in [3.63, 3.8) is 0 Å². The van der Waals surface area contributed by atoms with Crippen molar-refractivity contribution in [3.05, 3.63) is 6.42 Å². The molecule has 12 nitrogen and oxygen atoms in total. The summed E-state index contributed by atoms with van der Waals surface area (Å²) in [5.41, 5.74) is -2.45. The Balaban J connectivity index is 0.00000625. The van der Waals surface area contributed by atoms with Gasteiger partial charge in [0.25, 0.3) is 0 Å². The van der Waals surface area contributed by atoms with Crippen molar-refractivity contribution in [1.82, 2.24) is 4.90 Å². The standard InChI is InChI=1S/C35H56NO11.W/c1-12-26-35(8)24(14-27(38)47-35)20(4)28(39)18(2)15-34(7)31(46-33-30(41-11)25(36(9)10)13-19(3)44-33)21(5)29(22(6)32(40)45-26)42-16-23(37)17-43-34;/h14,18-22,24-26,29-31,33H,12-13,15-17H2,1-11H3;/q-1;/t18-,19-,20?,21+,22-,24+,25+,26-,29+,30-,31-,33+,34-,35+;/m1./s1. The summed E-state index contributed by atoms with van der Waals surface area (Å²) in [6, 6.07) is -0.0119. The van der Waals surface area contributed by atoms with Gasteiger partial charge in [0.15, 0.2) is 18.0 Å². The fourth-order valence-electron chi connectivity index (χ4n) is 8.40. The summed E-state index contributed by atoms with van der Waals surface area (Å²) in [5.74, 6) is -4.77. The van der Waals surface area contributed by atoms with E-state index in [1.54, 1.807) is 27.9 Å². The molecule has 1 unspecified atom stereocenters. The number of likely N-dealkylation sites (N-methyl/N-ethyl adjacent to an activating group) is 1. The van der Waals surface area contributed by atoms with Crippen molar-refractivity contribution in [2.24, 2.45) is 29.6 Å². The number of carbonyl (C=O) groups is 4. The Morgan fingerprint density at radius 2 is 1.67 bits per heavy atom. The molecule has 4 fully saturated rings.